The molecule has 0 spiro atoms. The number of halogens is 2. The Labute approximate surface area is 211 Å². The molecule has 33 heavy (non-hydrogen) atoms. The predicted octanol–water partition coefficient (Wildman–Crippen LogP) is 6.32. The van der Waals surface area contributed by atoms with Crippen molar-refractivity contribution >= 4 is 40.5 Å². The number of thiophene rings is 1. The van der Waals surface area contributed by atoms with E-state index in [1.54, 1.807) is 11.3 Å². The number of esters is 1. The van der Waals surface area contributed by atoms with Gasteiger partial charge >= 0.3 is 5.97 Å². The van der Waals surface area contributed by atoms with Gasteiger partial charge in [0, 0.05) is 28.0 Å². The van der Waals surface area contributed by atoms with Crippen LogP contribution in [0.5, 0.6) is 0 Å². The van der Waals surface area contributed by atoms with Gasteiger partial charge in [-0.2, -0.15) is 0 Å². The highest BCUT2D eigenvalue weighted by Crippen LogP contribution is 2.49. The summed E-state index contributed by atoms with van der Waals surface area (Å²) in [5, 5.41) is 21.5. The van der Waals surface area contributed by atoms with Crippen LogP contribution in [0.2, 0.25) is 4.34 Å². The zero-order valence-electron chi connectivity index (χ0n) is 19.3. The lowest BCUT2D eigenvalue weighted by Crippen LogP contribution is -2.42. The topological polar surface area (TPSA) is 66.8 Å². The smallest absolute Gasteiger partial charge is 0.305 e. The third-order valence-corrected chi connectivity index (χ3v) is 9.09. The van der Waals surface area contributed by atoms with Gasteiger partial charge in [0.15, 0.2) is 0 Å². The van der Waals surface area contributed by atoms with E-state index in [9.17, 15) is 15.0 Å². The third kappa shape index (κ3) is 7.32. The molecule has 3 rings (SSSR count). The minimum Gasteiger partial charge on any atom is -0.469 e. The van der Waals surface area contributed by atoms with Crippen LogP contribution in [0.3, 0.4) is 0 Å². The summed E-state index contributed by atoms with van der Waals surface area (Å²) in [4.78, 5) is 12.4. The molecule has 2 saturated carbocycles. The van der Waals surface area contributed by atoms with Gasteiger partial charge in [0.1, 0.15) is 0 Å². The molecular weight excluding hydrogens is 479 g/mol. The molecule has 1 aromatic heterocycles. The first-order valence-electron chi connectivity index (χ1n) is 12.0. The Morgan fingerprint density at radius 1 is 1.33 bits per heavy atom. The first-order chi connectivity index (χ1) is 15.8. The number of aliphatic hydroxyl groups is 2. The van der Waals surface area contributed by atoms with Gasteiger partial charge in [-0.25, -0.2) is 0 Å². The van der Waals surface area contributed by atoms with Gasteiger partial charge in [-0.3, -0.25) is 4.79 Å². The second-order valence-electron chi connectivity index (χ2n) is 9.51. The Balaban J connectivity index is 1.50. The number of ether oxygens (including phenoxy) is 1. The quantitative estimate of drug-likeness (QED) is 0.148. The normalized spacial score (nSPS) is 27.8. The van der Waals surface area contributed by atoms with E-state index in [2.05, 4.69) is 29.0 Å². The molecule has 4 nitrogen and oxygen atoms in total. The molecule has 0 bridgehead atoms. The van der Waals surface area contributed by atoms with Crippen LogP contribution in [0.1, 0.15) is 62.7 Å². The molecule has 2 fully saturated rings. The molecule has 1 aromatic rings. The van der Waals surface area contributed by atoms with Crippen LogP contribution in [-0.4, -0.2) is 40.9 Å². The Kier molecular flexibility index (Phi) is 10.3. The first kappa shape index (κ1) is 26.7. The maximum atomic E-state index is 11.2. The number of alkyl halides is 1. The molecule has 0 radical (unpaired) electrons. The number of rotatable bonds is 12. The average molecular weight is 516 g/mol. The van der Waals surface area contributed by atoms with Gasteiger partial charge in [0.25, 0.3) is 0 Å². The zero-order chi connectivity index (χ0) is 23.8. The number of aliphatic hydroxyl groups excluding tert-OH is 2. The fourth-order valence-electron chi connectivity index (χ4n) is 5.17. The van der Waals surface area contributed by atoms with Crippen molar-refractivity contribution in [2.45, 2.75) is 81.8 Å². The molecule has 0 aliphatic heterocycles. The standard InChI is InChI=1S/C26H36Cl2O4S/c1-32-25(31)11-5-3-2-4-8-19-20(22(29)16-21(19)27)9-6-10-23(30)26(14-7-15-26)17-18-12-13-24(28)33-18/h2,4,6,9,12-13,19-23,29-30H,3,5,7-8,10-11,14-17H2,1H3/b4-2+,9-6+. The number of unbranched alkanes of at least 4 members (excludes halogenated alkanes) is 1. The summed E-state index contributed by atoms with van der Waals surface area (Å²) >= 11 is 14.3. The summed E-state index contributed by atoms with van der Waals surface area (Å²) in [7, 11) is 1.41. The number of methoxy groups -OCH3 is 1. The van der Waals surface area contributed by atoms with Crippen LogP contribution in [0.25, 0.3) is 0 Å². The first-order valence-corrected chi connectivity index (χ1v) is 13.6. The lowest BCUT2D eigenvalue weighted by atomic mass is 9.62. The Bertz CT molecular complexity index is 817. The molecule has 1 heterocycles. The molecule has 2 aliphatic carbocycles. The summed E-state index contributed by atoms with van der Waals surface area (Å²) in [5.41, 5.74) is -0.0613. The van der Waals surface area contributed by atoms with E-state index in [1.165, 1.54) is 12.0 Å². The highest BCUT2D eigenvalue weighted by atomic mass is 35.5. The Morgan fingerprint density at radius 2 is 2.12 bits per heavy atom. The minimum atomic E-state index is -0.454. The lowest BCUT2D eigenvalue weighted by molar-refractivity contribution is -0.140. The van der Waals surface area contributed by atoms with Crippen LogP contribution >= 0.6 is 34.5 Å². The van der Waals surface area contributed by atoms with Crippen LogP contribution < -0.4 is 0 Å². The number of hydrogen-bond acceptors (Lipinski definition) is 5. The fraction of sp³-hybridized carbons (Fsp3) is 0.654. The highest BCUT2D eigenvalue weighted by Gasteiger charge is 2.43. The van der Waals surface area contributed by atoms with Gasteiger partial charge in [0.2, 0.25) is 0 Å². The van der Waals surface area contributed by atoms with Gasteiger partial charge in [-0.05, 0) is 69.4 Å². The predicted molar refractivity (Wildman–Crippen MR) is 136 cm³/mol. The summed E-state index contributed by atoms with van der Waals surface area (Å²) in [5.74, 6) is -0.0240. The van der Waals surface area contributed by atoms with Crippen molar-refractivity contribution in [2.75, 3.05) is 7.11 Å². The van der Waals surface area contributed by atoms with Crippen LogP contribution in [0.4, 0.5) is 0 Å². The summed E-state index contributed by atoms with van der Waals surface area (Å²) < 4.78 is 5.45. The monoisotopic (exact) mass is 514 g/mol. The summed E-state index contributed by atoms with van der Waals surface area (Å²) in [6.45, 7) is 0. The summed E-state index contributed by atoms with van der Waals surface area (Å²) in [6.07, 6.45) is 15.5. The molecule has 184 valence electrons. The van der Waals surface area contributed by atoms with E-state index in [0.29, 0.717) is 19.3 Å². The van der Waals surface area contributed by atoms with Crippen LogP contribution in [0, 0.1) is 17.3 Å². The summed E-state index contributed by atoms with van der Waals surface area (Å²) in [6, 6.07) is 4.00. The molecule has 0 amide bonds. The fourth-order valence-corrected chi connectivity index (χ4v) is 6.87. The van der Waals surface area contributed by atoms with Gasteiger partial charge < -0.3 is 14.9 Å². The van der Waals surface area contributed by atoms with Crippen molar-refractivity contribution in [3.05, 3.63) is 45.7 Å². The maximum Gasteiger partial charge on any atom is 0.305 e. The number of hydrogen-bond donors (Lipinski definition) is 2. The Hall–Kier alpha value is -0.850. The van der Waals surface area contributed by atoms with Gasteiger partial charge in [-0.1, -0.05) is 42.3 Å². The zero-order valence-corrected chi connectivity index (χ0v) is 21.6. The van der Waals surface area contributed by atoms with Crippen molar-refractivity contribution in [3.8, 4) is 0 Å². The van der Waals surface area contributed by atoms with E-state index >= 15 is 0 Å². The van der Waals surface area contributed by atoms with Crippen LogP contribution in [-0.2, 0) is 16.0 Å². The molecule has 5 unspecified atom stereocenters. The van der Waals surface area contributed by atoms with Gasteiger partial charge in [0.05, 0.1) is 23.7 Å². The number of carbonyl (C=O) groups excluding carboxylic acids is 1. The lowest BCUT2D eigenvalue weighted by Gasteiger charge is -2.45. The highest BCUT2D eigenvalue weighted by molar-refractivity contribution is 7.16. The Morgan fingerprint density at radius 3 is 2.76 bits per heavy atom. The molecule has 2 aliphatic rings. The van der Waals surface area contributed by atoms with E-state index in [1.807, 2.05) is 12.1 Å². The van der Waals surface area contributed by atoms with E-state index < -0.39 is 12.2 Å². The molecule has 2 N–H and O–H groups in total. The van der Waals surface area contributed by atoms with Crippen molar-refractivity contribution in [2.24, 2.45) is 17.3 Å². The molecule has 0 aromatic carbocycles. The maximum absolute atomic E-state index is 11.2. The van der Waals surface area contributed by atoms with E-state index in [4.69, 9.17) is 23.2 Å². The van der Waals surface area contributed by atoms with E-state index in [-0.39, 0.29) is 28.6 Å². The van der Waals surface area contributed by atoms with Crippen LogP contribution in [0.15, 0.2) is 36.4 Å². The number of allylic oxidation sites excluding steroid dienone is 2. The van der Waals surface area contributed by atoms with E-state index in [0.717, 1.165) is 49.3 Å². The third-order valence-electron chi connectivity index (χ3n) is 7.35. The molecule has 5 atom stereocenters. The molecular formula is C26H36Cl2O4S. The second-order valence-corrected chi connectivity index (χ2v) is 11.9. The van der Waals surface area contributed by atoms with Crippen molar-refractivity contribution in [1.29, 1.82) is 0 Å². The van der Waals surface area contributed by atoms with Gasteiger partial charge in [-0.15, -0.1) is 22.9 Å². The SMILES string of the molecule is COC(=O)CCC/C=C/CC1C(Cl)CC(O)C1/C=C/CC(O)C1(Cc2ccc(Cl)s2)CCC1. The van der Waals surface area contributed by atoms with Crippen molar-refractivity contribution in [1.82, 2.24) is 0 Å². The minimum absolute atomic E-state index is 0.00661. The second kappa shape index (κ2) is 12.7. The molecule has 7 heteroatoms. The largest absolute Gasteiger partial charge is 0.469 e. The van der Waals surface area contributed by atoms with Crippen molar-refractivity contribution < 1.29 is 19.7 Å². The number of carbonyl (C=O) groups is 1. The molecule has 0 saturated heterocycles. The van der Waals surface area contributed by atoms with Crippen molar-refractivity contribution in [3.63, 3.8) is 0 Å². The average Bonchev–Trinajstić information content (AvgIpc) is 3.28.